The molecule has 0 aromatic carbocycles. The molecule has 0 aromatic rings. The molecule has 2 N–H and O–H groups in total. The van der Waals surface area contributed by atoms with Crippen molar-refractivity contribution in [2.24, 2.45) is 0 Å². The number of rotatable bonds is 4. The van der Waals surface area contributed by atoms with Crippen molar-refractivity contribution in [3.8, 4) is 0 Å². The van der Waals surface area contributed by atoms with Crippen molar-refractivity contribution < 1.29 is 9.57 Å². The van der Waals surface area contributed by atoms with Gasteiger partial charge in [-0.25, -0.2) is 0 Å². The number of methoxy groups -OCH3 is 1. The van der Waals surface area contributed by atoms with E-state index in [4.69, 9.17) is 9.57 Å². The summed E-state index contributed by atoms with van der Waals surface area (Å²) in [5.74, 6) is 0.938. The van der Waals surface area contributed by atoms with E-state index in [9.17, 15) is 0 Å². The van der Waals surface area contributed by atoms with E-state index < -0.39 is 0 Å². The van der Waals surface area contributed by atoms with Crippen LogP contribution in [0.3, 0.4) is 0 Å². The van der Waals surface area contributed by atoms with Crippen molar-refractivity contribution in [3.05, 3.63) is 24.2 Å². The van der Waals surface area contributed by atoms with Crippen molar-refractivity contribution in [2.75, 3.05) is 20.2 Å². The summed E-state index contributed by atoms with van der Waals surface area (Å²) in [5, 5.41) is 3.20. The Balaban J connectivity index is 2.33. The Labute approximate surface area is 78.6 Å². The minimum atomic E-state index is 0.167. The highest BCUT2D eigenvalue weighted by Gasteiger charge is 2.12. The molecular formula is C9H16N2O2. The molecule has 4 heteroatoms. The van der Waals surface area contributed by atoms with Crippen molar-refractivity contribution >= 4 is 0 Å². The van der Waals surface area contributed by atoms with Gasteiger partial charge in [0.15, 0.2) is 0 Å². The lowest BCUT2D eigenvalue weighted by molar-refractivity contribution is 0.108. The van der Waals surface area contributed by atoms with Crippen molar-refractivity contribution in [2.45, 2.75) is 13.0 Å². The molecule has 74 valence electrons. The largest absolute Gasteiger partial charge is 0.500 e. The third kappa shape index (κ3) is 3.48. The summed E-state index contributed by atoms with van der Waals surface area (Å²) in [7, 11) is 1.67. The van der Waals surface area contributed by atoms with Gasteiger partial charge >= 0.3 is 0 Å². The van der Waals surface area contributed by atoms with Gasteiger partial charge in [-0.2, -0.15) is 0 Å². The number of hydrogen-bond donors (Lipinski definition) is 2. The molecule has 1 unspecified atom stereocenters. The molecule has 13 heavy (non-hydrogen) atoms. The molecule has 0 aromatic heterocycles. The Morgan fingerprint density at radius 3 is 3.23 bits per heavy atom. The quantitative estimate of drug-likeness (QED) is 0.494. The van der Waals surface area contributed by atoms with Crippen LogP contribution in [0.4, 0.5) is 0 Å². The van der Waals surface area contributed by atoms with Gasteiger partial charge in [0.1, 0.15) is 12.0 Å². The molecule has 1 aliphatic rings. The van der Waals surface area contributed by atoms with E-state index in [1.54, 1.807) is 13.4 Å². The molecule has 1 aliphatic heterocycles. The maximum absolute atomic E-state index is 5.11. The molecule has 0 spiro atoms. The lowest BCUT2D eigenvalue weighted by Crippen LogP contribution is -2.41. The van der Waals surface area contributed by atoms with Crippen LogP contribution < -0.4 is 10.8 Å². The van der Waals surface area contributed by atoms with E-state index in [1.165, 1.54) is 0 Å². The Bertz CT molecular complexity index is 202. The highest BCUT2D eigenvalue weighted by Crippen LogP contribution is 2.01. The van der Waals surface area contributed by atoms with Gasteiger partial charge in [-0.15, -0.1) is 5.48 Å². The summed E-state index contributed by atoms with van der Waals surface area (Å²) < 4.78 is 5.11. The molecule has 0 bridgehead atoms. The zero-order valence-corrected chi connectivity index (χ0v) is 8.04. The number of ether oxygens (including phenoxy) is 1. The summed E-state index contributed by atoms with van der Waals surface area (Å²) in [5.41, 5.74) is 2.88. The van der Waals surface area contributed by atoms with Crippen molar-refractivity contribution in [1.82, 2.24) is 10.8 Å². The normalized spacial score (nSPS) is 22.9. The monoisotopic (exact) mass is 184 g/mol. The second kappa shape index (κ2) is 5.61. The zero-order valence-electron chi connectivity index (χ0n) is 8.04. The van der Waals surface area contributed by atoms with Gasteiger partial charge in [0.05, 0.1) is 19.7 Å². The predicted octanol–water partition coefficient (Wildman–Crippen LogP) is 0.543. The third-order valence-corrected chi connectivity index (χ3v) is 1.74. The van der Waals surface area contributed by atoms with Crippen LogP contribution in [-0.4, -0.2) is 26.2 Å². The molecule has 0 saturated carbocycles. The zero-order chi connectivity index (χ0) is 9.52. The van der Waals surface area contributed by atoms with Crippen molar-refractivity contribution in [1.29, 1.82) is 0 Å². The van der Waals surface area contributed by atoms with E-state index in [-0.39, 0.29) is 6.04 Å². The second-order valence-corrected chi connectivity index (χ2v) is 2.78. The standard InChI is InChI=1S/C9H16N2O2/c1-3-4-13-11-8-5-9(12-2)7-10-6-8/h3-5,8,10-11H,6-7H2,1-2H3. The molecule has 0 aliphatic carbocycles. The minimum absolute atomic E-state index is 0.167. The Morgan fingerprint density at radius 1 is 1.69 bits per heavy atom. The minimum Gasteiger partial charge on any atom is -0.500 e. The van der Waals surface area contributed by atoms with Crippen LogP contribution in [0.5, 0.6) is 0 Å². The van der Waals surface area contributed by atoms with Gasteiger partial charge in [0.25, 0.3) is 0 Å². The van der Waals surface area contributed by atoms with Gasteiger partial charge in [-0.1, -0.05) is 6.08 Å². The first kappa shape index (κ1) is 10.1. The molecule has 0 radical (unpaired) electrons. The average Bonchev–Trinajstić information content (AvgIpc) is 2.19. The van der Waals surface area contributed by atoms with Gasteiger partial charge < -0.3 is 14.9 Å². The summed E-state index contributed by atoms with van der Waals surface area (Å²) in [4.78, 5) is 5.04. The molecule has 1 rings (SSSR count). The summed E-state index contributed by atoms with van der Waals surface area (Å²) in [6, 6.07) is 0.167. The van der Waals surface area contributed by atoms with E-state index in [0.717, 1.165) is 18.8 Å². The van der Waals surface area contributed by atoms with E-state index in [1.807, 2.05) is 19.1 Å². The number of hydroxylamine groups is 1. The Kier molecular flexibility index (Phi) is 4.35. The van der Waals surface area contributed by atoms with Crippen LogP contribution in [0.1, 0.15) is 6.92 Å². The first-order valence-corrected chi connectivity index (χ1v) is 4.34. The van der Waals surface area contributed by atoms with Crippen LogP contribution in [0.2, 0.25) is 0 Å². The van der Waals surface area contributed by atoms with Crippen LogP contribution in [0.25, 0.3) is 0 Å². The molecular weight excluding hydrogens is 168 g/mol. The van der Waals surface area contributed by atoms with Crippen LogP contribution in [0, 0.1) is 0 Å². The molecule has 0 amide bonds. The Hall–Kier alpha value is -1.00. The van der Waals surface area contributed by atoms with Gasteiger partial charge in [-0.3, -0.25) is 0 Å². The number of allylic oxidation sites excluding steroid dienone is 1. The van der Waals surface area contributed by atoms with Crippen LogP contribution >= 0.6 is 0 Å². The number of nitrogens with one attached hydrogen (secondary N) is 2. The van der Waals surface area contributed by atoms with Crippen molar-refractivity contribution in [3.63, 3.8) is 0 Å². The fraction of sp³-hybridized carbons (Fsp3) is 0.556. The fourth-order valence-electron chi connectivity index (χ4n) is 1.10. The van der Waals surface area contributed by atoms with Gasteiger partial charge in [0, 0.05) is 6.54 Å². The SMILES string of the molecule is CC=CONC1C=C(OC)CNC1. The topological polar surface area (TPSA) is 42.5 Å². The van der Waals surface area contributed by atoms with Gasteiger partial charge in [-0.05, 0) is 13.0 Å². The summed E-state index contributed by atoms with van der Waals surface area (Å²) in [6.07, 6.45) is 5.44. The molecule has 0 saturated heterocycles. The molecule has 4 nitrogen and oxygen atoms in total. The predicted molar refractivity (Wildman–Crippen MR) is 50.8 cm³/mol. The van der Waals surface area contributed by atoms with E-state index >= 15 is 0 Å². The van der Waals surface area contributed by atoms with E-state index in [2.05, 4.69) is 10.8 Å². The third-order valence-electron chi connectivity index (χ3n) is 1.74. The smallest absolute Gasteiger partial charge is 0.107 e. The van der Waals surface area contributed by atoms with Gasteiger partial charge in [0.2, 0.25) is 0 Å². The molecule has 1 atom stereocenters. The lowest BCUT2D eigenvalue weighted by Gasteiger charge is -2.21. The molecule has 1 heterocycles. The van der Waals surface area contributed by atoms with Crippen LogP contribution in [0.15, 0.2) is 24.2 Å². The lowest BCUT2D eigenvalue weighted by atomic mass is 10.2. The summed E-state index contributed by atoms with van der Waals surface area (Å²) >= 11 is 0. The maximum Gasteiger partial charge on any atom is 0.107 e. The Morgan fingerprint density at radius 2 is 2.54 bits per heavy atom. The highest BCUT2D eigenvalue weighted by molar-refractivity contribution is 5.06. The van der Waals surface area contributed by atoms with E-state index in [0.29, 0.717) is 0 Å². The fourth-order valence-corrected chi connectivity index (χ4v) is 1.10. The first-order chi connectivity index (χ1) is 6.36. The highest BCUT2D eigenvalue weighted by atomic mass is 16.6. The summed E-state index contributed by atoms with van der Waals surface area (Å²) in [6.45, 7) is 3.54. The maximum atomic E-state index is 5.11. The average molecular weight is 184 g/mol. The first-order valence-electron chi connectivity index (χ1n) is 4.34. The molecule has 0 fully saturated rings. The second-order valence-electron chi connectivity index (χ2n) is 2.78. The number of hydrogen-bond acceptors (Lipinski definition) is 4. The van der Waals surface area contributed by atoms with Crippen LogP contribution in [-0.2, 0) is 9.57 Å².